The molecule has 1 aliphatic heterocycles. The quantitative estimate of drug-likeness (QED) is 0.375. The highest BCUT2D eigenvalue weighted by Crippen LogP contribution is 2.29. The fourth-order valence-electron chi connectivity index (χ4n) is 2.89. The maximum atomic E-state index is 13.1. The number of amides is 1. The zero-order valence-corrected chi connectivity index (χ0v) is 17.5. The lowest BCUT2D eigenvalue weighted by Crippen LogP contribution is -2.40. The SMILES string of the molecule is CC(=O)Nc1ccc(/C=N/Nc2ccc([N+](=O)[O-])cc2S(=O)(=O)N2CCOCC2)cc1. The minimum atomic E-state index is -3.99. The topological polar surface area (TPSA) is 143 Å². The summed E-state index contributed by atoms with van der Waals surface area (Å²) in [6, 6.07) is 10.4. The van der Waals surface area contributed by atoms with E-state index in [0.717, 1.165) is 6.07 Å². The Morgan fingerprint density at radius 2 is 1.87 bits per heavy atom. The summed E-state index contributed by atoms with van der Waals surface area (Å²) < 4.78 is 32.5. The molecule has 2 aromatic rings. The smallest absolute Gasteiger partial charge is 0.270 e. The molecule has 1 fully saturated rings. The normalized spacial score (nSPS) is 15.0. The standard InChI is InChI=1S/C19H21N5O6S/c1-14(25)21-16-4-2-15(3-5-16)13-20-22-18-7-6-17(24(26)27)12-19(18)31(28,29)23-8-10-30-11-9-23/h2-7,12-13,22H,8-11H2,1H3,(H,21,25)/b20-13+. The molecule has 0 saturated carbocycles. The van der Waals surface area contributed by atoms with Crippen LogP contribution in [0.4, 0.5) is 17.1 Å². The molecule has 0 aromatic heterocycles. The lowest BCUT2D eigenvalue weighted by atomic mass is 10.2. The van der Waals surface area contributed by atoms with E-state index in [-0.39, 0.29) is 48.5 Å². The molecule has 1 amide bonds. The minimum absolute atomic E-state index is 0.114. The molecule has 0 atom stereocenters. The number of hydrazone groups is 1. The average molecular weight is 447 g/mol. The number of nitro groups is 1. The number of hydrogen-bond donors (Lipinski definition) is 2. The molecular weight excluding hydrogens is 426 g/mol. The summed E-state index contributed by atoms with van der Waals surface area (Å²) in [6.45, 7) is 2.24. The summed E-state index contributed by atoms with van der Waals surface area (Å²) in [6.07, 6.45) is 1.46. The van der Waals surface area contributed by atoms with Gasteiger partial charge >= 0.3 is 0 Å². The molecule has 1 saturated heterocycles. The monoisotopic (exact) mass is 447 g/mol. The van der Waals surface area contributed by atoms with Crippen LogP contribution in [-0.4, -0.2) is 56.1 Å². The molecule has 0 aliphatic carbocycles. The van der Waals surface area contributed by atoms with Gasteiger partial charge in [-0.3, -0.25) is 20.3 Å². The molecule has 11 nitrogen and oxygen atoms in total. The van der Waals surface area contributed by atoms with Gasteiger partial charge in [0.05, 0.1) is 30.0 Å². The van der Waals surface area contributed by atoms with Gasteiger partial charge in [0.15, 0.2) is 0 Å². The molecule has 0 spiro atoms. The van der Waals surface area contributed by atoms with Crippen LogP contribution in [0.2, 0.25) is 0 Å². The molecule has 3 rings (SSSR count). The van der Waals surface area contributed by atoms with Crippen LogP contribution in [-0.2, 0) is 19.6 Å². The number of sulfonamides is 1. The first-order valence-electron chi connectivity index (χ1n) is 9.30. The van der Waals surface area contributed by atoms with Crippen LogP contribution < -0.4 is 10.7 Å². The van der Waals surface area contributed by atoms with Crippen LogP contribution >= 0.6 is 0 Å². The molecule has 0 bridgehead atoms. The molecule has 31 heavy (non-hydrogen) atoms. The van der Waals surface area contributed by atoms with E-state index in [1.165, 1.54) is 29.6 Å². The van der Waals surface area contributed by atoms with Gasteiger partial charge in [0, 0.05) is 37.8 Å². The Kier molecular flexibility index (Phi) is 6.95. The van der Waals surface area contributed by atoms with Crippen molar-refractivity contribution in [3.05, 3.63) is 58.1 Å². The average Bonchev–Trinajstić information content (AvgIpc) is 2.75. The number of carbonyl (C=O) groups is 1. The molecule has 1 aliphatic rings. The zero-order valence-electron chi connectivity index (χ0n) is 16.6. The molecule has 0 unspecified atom stereocenters. The minimum Gasteiger partial charge on any atom is -0.379 e. The largest absolute Gasteiger partial charge is 0.379 e. The van der Waals surface area contributed by atoms with Crippen molar-refractivity contribution in [1.82, 2.24) is 4.31 Å². The Labute approximate surface area is 178 Å². The number of rotatable bonds is 7. The van der Waals surface area contributed by atoms with Crippen LogP contribution in [0.5, 0.6) is 0 Å². The van der Waals surface area contributed by atoms with Gasteiger partial charge in [0.1, 0.15) is 4.90 Å². The third-order valence-corrected chi connectivity index (χ3v) is 6.33. The predicted molar refractivity (Wildman–Crippen MR) is 115 cm³/mol. The number of nitrogens with one attached hydrogen (secondary N) is 2. The van der Waals surface area contributed by atoms with Crippen molar-refractivity contribution in [2.45, 2.75) is 11.8 Å². The highest BCUT2D eigenvalue weighted by molar-refractivity contribution is 7.89. The van der Waals surface area contributed by atoms with Crippen LogP contribution in [0.1, 0.15) is 12.5 Å². The van der Waals surface area contributed by atoms with Gasteiger partial charge in [-0.1, -0.05) is 12.1 Å². The lowest BCUT2D eigenvalue weighted by Gasteiger charge is -2.26. The summed E-state index contributed by atoms with van der Waals surface area (Å²) in [5.41, 5.74) is 3.76. The Balaban J connectivity index is 1.84. The third kappa shape index (κ3) is 5.63. The first kappa shape index (κ1) is 22.3. The van der Waals surface area contributed by atoms with Gasteiger partial charge in [-0.05, 0) is 23.8 Å². The number of nitrogens with zero attached hydrogens (tertiary/aromatic N) is 3. The molecule has 2 aromatic carbocycles. The molecular formula is C19H21N5O6S. The van der Waals surface area contributed by atoms with Crippen LogP contribution in [0, 0.1) is 10.1 Å². The van der Waals surface area contributed by atoms with Gasteiger partial charge in [-0.2, -0.15) is 9.41 Å². The fraction of sp³-hybridized carbons (Fsp3) is 0.263. The number of anilines is 2. The highest BCUT2D eigenvalue weighted by atomic mass is 32.2. The first-order valence-corrected chi connectivity index (χ1v) is 10.7. The van der Waals surface area contributed by atoms with E-state index in [9.17, 15) is 23.3 Å². The number of hydrogen-bond acceptors (Lipinski definition) is 8. The molecule has 0 radical (unpaired) electrons. The van der Waals surface area contributed by atoms with Gasteiger partial charge in [0.25, 0.3) is 5.69 Å². The summed E-state index contributed by atoms with van der Waals surface area (Å²) in [4.78, 5) is 21.3. The van der Waals surface area contributed by atoms with Crippen molar-refractivity contribution in [2.24, 2.45) is 5.10 Å². The second-order valence-electron chi connectivity index (χ2n) is 6.63. The Morgan fingerprint density at radius 1 is 1.19 bits per heavy atom. The first-order chi connectivity index (χ1) is 14.8. The molecule has 1 heterocycles. The van der Waals surface area contributed by atoms with Crippen molar-refractivity contribution in [1.29, 1.82) is 0 Å². The van der Waals surface area contributed by atoms with E-state index in [2.05, 4.69) is 15.8 Å². The van der Waals surface area contributed by atoms with Gasteiger partial charge < -0.3 is 10.1 Å². The zero-order chi connectivity index (χ0) is 22.4. The number of benzene rings is 2. The summed E-state index contributed by atoms with van der Waals surface area (Å²) in [5, 5.41) is 17.9. The van der Waals surface area contributed by atoms with Gasteiger partial charge in [-0.15, -0.1) is 0 Å². The van der Waals surface area contributed by atoms with E-state index < -0.39 is 14.9 Å². The fourth-order valence-corrected chi connectivity index (χ4v) is 4.46. The van der Waals surface area contributed by atoms with E-state index >= 15 is 0 Å². The van der Waals surface area contributed by atoms with Crippen molar-refractivity contribution in [3.8, 4) is 0 Å². The van der Waals surface area contributed by atoms with Crippen molar-refractivity contribution < 1.29 is 22.9 Å². The number of carbonyl (C=O) groups excluding carboxylic acids is 1. The highest BCUT2D eigenvalue weighted by Gasteiger charge is 2.30. The number of nitro benzene ring substituents is 1. The number of morpholine rings is 1. The van der Waals surface area contributed by atoms with E-state index in [0.29, 0.717) is 11.3 Å². The predicted octanol–water partition coefficient (Wildman–Crippen LogP) is 2.02. The van der Waals surface area contributed by atoms with Crippen LogP contribution in [0.3, 0.4) is 0 Å². The maximum absolute atomic E-state index is 13.1. The summed E-state index contributed by atoms with van der Waals surface area (Å²) in [7, 11) is -3.99. The Morgan fingerprint density at radius 3 is 2.48 bits per heavy atom. The molecule has 12 heteroatoms. The van der Waals surface area contributed by atoms with Crippen molar-refractivity contribution >= 4 is 39.2 Å². The summed E-state index contributed by atoms with van der Waals surface area (Å²) in [5.74, 6) is -0.185. The van der Waals surface area contributed by atoms with E-state index in [4.69, 9.17) is 4.74 Å². The van der Waals surface area contributed by atoms with E-state index in [1.54, 1.807) is 24.3 Å². The van der Waals surface area contributed by atoms with Crippen molar-refractivity contribution in [3.63, 3.8) is 0 Å². The third-order valence-electron chi connectivity index (χ3n) is 4.39. The van der Waals surface area contributed by atoms with Crippen molar-refractivity contribution in [2.75, 3.05) is 37.0 Å². The van der Waals surface area contributed by atoms with Gasteiger partial charge in [0.2, 0.25) is 15.9 Å². The number of ether oxygens (including phenoxy) is 1. The summed E-state index contributed by atoms with van der Waals surface area (Å²) >= 11 is 0. The van der Waals surface area contributed by atoms with E-state index in [1.807, 2.05) is 0 Å². The maximum Gasteiger partial charge on any atom is 0.270 e. The second-order valence-corrected chi connectivity index (χ2v) is 8.53. The Bertz CT molecular complexity index is 1100. The lowest BCUT2D eigenvalue weighted by molar-refractivity contribution is -0.385. The Hall–Kier alpha value is -3.35. The number of non-ortho nitro benzene ring substituents is 1. The van der Waals surface area contributed by atoms with Gasteiger partial charge in [-0.25, -0.2) is 8.42 Å². The molecule has 2 N–H and O–H groups in total. The molecule has 164 valence electrons. The van der Waals surface area contributed by atoms with Crippen LogP contribution in [0.15, 0.2) is 52.5 Å². The van der Waals surface area contributed by atoms with Crippen LogP contribution in [0.25, 0.3) is 0 Å². The second kappa shape index (κ2) is 9.64.